The van der Waals surface area contributed by atoms with E-state index in [9.17, 15) is 19.2 Å². The van der Waals surface area contributed by atoms with Crippen LogP contribution in [0, 0.1) is 21.7 Å². The predicted octanol–water partition coefficient (Wildman–Crippen LogP) is 5.26. The van der Waals surface area contributed by atoms with Crippen LogP contribution < -0.4 is 9.47 Å². The number of esters is 4. The van der Waals surface area contributed by atoms with Gasteiger partial charge in [-0.15, -0.1) is 0 Å². The van der Waals surface area contributed by atoms with Gasteiger partial charge in [0.05, 0.1) is 28.8 Å². The largest absolute Gasteiger partial charge is 0.497 e. The third-order valence-corrected chi connectivity index (χ3v) is 6.46. The van der Waals surface area contributed by atoms with Gasteiger partial charge in [-0.25, -0.2) is 0 Å². The van der Waals surface area contributed by atoms with Gasteiger partial charge >= 0.3 is 23.9 Å². The maximum atomic E-state index is 13.3. The number of hydrogen-bond donors (Lipinski definition) is 0. The average Bonchev–Trinajstić information content (AvgIpc) is 2.88. The third kappa shape index (κ3) is 10.1. The van der Waals surface area contributed by atoms with Gasteiger partial charge in [-0.3, -0.25) is 19.2 Å². The van der Waals surface area contributed by atoms with Gasteiger partial charge < -0.3 is 33.2 Å². The van der Waals surface area contributed by atoms with Gasteiger partial charge in [0, 0.05) is 0 Å². The van der Waals surface area contributed by atoms with Gasteiger partial charge in [0.15, 0.2) is 12.2 Å². The molecule has 2 rings (SSSR count). The number of methoxy groups -OCH3 is 1. The third-order valence-electron chi connectivity index (χ3n) is 6.46. The second-order valence-corrected chi connectivity index (χ2v) is 15.0. The van der Waals surface area contributed by atoms with E-state index in [2.05, 4.69) is 0 Å². The quantitative estimate of drug-likeness (QED) is 0.278. The van der Waals surface area contributed by atoms with E-state index in [0.717, 1.165) is 0 Å². The second-order valence-electron chi connectivity index (χ2n) is 15.0. The molecule has 0 N–H and O–H groups in total. The molecule has 0 saturated carbocycles. The minimum atomic E-state index is -1.39. The first-order chi connectivity index (χ1) is 19.9. The van der Waals surface area contributed by atoms with Gasteiger partial charge in [-0.1, -0.05) is 0 Å². The Morgan fingerprint density at radius 1 is 0.591 bits per heavy atom. The molecule has 1 aromatic carbocycles. The Bertz CT molecular complexity index is 1160. The standard InChI is InChI=1S/C33H50O11/c1-30(2,3)26(34)39-18-21-22(42-27(35)31(4,5)6)23(43-28(36)32(7,8)9)24(44-29(37)33(10,11)12)25(41-21)40-20-16-14-19(38-13)15-17-20/h14-17,21-25H,18H2,1-13H3/t21-,22-,23+,24-,25-/m1/s1. The van der Waals surface area contributed by atoms with Crippen LogP contribution in [0.15, 0.2) is 24.3 Å². The molecule has 11 heteroatoms. The molecule has 0 radical (unpaired) electrons. The maximum absolute atomic E-state index is 13.3. The highest BCUT2D eigenvalue weighted by Gasteiger charge is 2.55. The summed E-state index contributed by atoms with van der Waals surface area (Å²) in [4.78, 5) is 52.6. The van der Waals surface area contributed by atoms with Crippen LogP contribution in [0.4, 0.5) is 0 Å². The van der Waals surface area contributed by atoms with E-state index in [0.29, 0.717) is 11.5 Å². The van der Waals surface area contributed by atoms with Crippen LogP contribution in [0.1, 0.15) is 83.1 Å². The first-order valence-electron chi connectivity index (χ1n) is 14.7. The Kier molecular flexibility index (Phi) is 11.5. The Hall–Kier alpha value is -3.34. The molecule has 0 bridgehead atoms. The molecule has 0 aliphatic carbocycles. The zero-order chi connectivity index (χ0) is 33.8. The smallest absolute Gasteiger partial charge is 0.311 e. The van der Waals surface area contributed by atoms with E-state index in [4.69, 9.17) is 33.2 Å². The number of carbonyl (C=O) groups excluding carboxylic acids is 4. The molecule has 0 aromatic heterocycles. The fourth-order valence-corrected chi connectivity index (χ4v) is 3.57. The molecule has 1 aliphatic rings. The Morgan fingerprint density at radius 2 is 0.977 bits per heavy atom. The van der Waals surface area contributed by atoms with Crippen molar-refractivity contribution in [2.75, 3.05) is 13.7 Å². The van der Waals surface area contributed by atoms with Crippen LogP contribution in [0.3, 0.4) is 0 Å². The van der Waals surface area contributed by atoms with E-state index >= 15 is 0 Å². The first kappa shape index (κ1) is 36.8. The lowest BCUT2D eigenvalue weighted by molar-refractivity contribution is -0.293. The van der Waals surface area contributed by atoms with E-state index in [1.807, 2.05) is 0 Å². The molecule has 11 nitrogen and oxygen atoms in total. The fourth-order valence-electron chi connectivity index (χ4n) is 3.57. The molecule has 44 heavy (non-hydrogen) atoms. The monoisotopic (exact) mass is 622 g/mol. The van der Waals surface area contributed by atoms with E-state index in [1.165, 1.54) is 7.11 Å². The van der Waals surface area contributed by atoms with Crippen molar-refractivity contribution in [3.8, 4) is 11.5 Å². The number of ether oxygens (including phenoxy) is 7. The summed E-state index contributed by atoms with van der Waals surface area (Å²) >= 11 is 0. The number of carbonyl (C=O) groups is 4. The van der Waals surface area contributed by atoms with Crippen molar-refractivity contribution in [2.24, 2.45) is 21.7 Å². The highest BCUT2D eigenvalue weighted by molar-refractivity contribution is 5.78. The lowest BCUT2D eigenvalue weighted by atomic mass is 9.93. The van der Waals surface area contributed by atoms with Crippen LogP contribution in [-0.4, -0.2) is 68.3 Å². The van der Waals surface area contributed by atoms with E-state index in [1.54, 1.807) is 107 Å². The molecule has 1 aliphatic heterocycles. The van der Waals surface area contributed by atoms with Crippen molar-refractivity contribution in [3.05, 3.63) is 24.3 Å². The fraction of sp³-hybridized carbons (Fsp3) is 0.697. The summed E-state index contributed by atoms with van der Waals surface area (Å²) in [7, 11) is 1.53. The van der Waals surface area contributed by atoms with Crippen LogP contribution in [0.2, 0.25) is 0 Å². The lowest BCUT2D eigenvalue weighted by Gasteiger charge is -2.45. The summed E-state index contributed by atoms with van der Waals surface area (Å²) in [6, 6.07) is 6.59. The highest BCUT2D eigenvalue weighted by atomic mass is 16.7. The minimum Gasteiger partial charge on any atom is -0.497 e. The minimum absolute atomic E-state index is 0.323. The summed E-state index contributed by atoms with van der Waals surface area (Å²) in [5.41, 5.74) is -3.73. The molecule has 0 spiro atoms. The molecular formula is C33H50O11. The topological polar surface area (TPSA) is 133 Å². The van der Waals surface area contributed by atoms with E-state index < -0.39 is 76.2 Å². The first-order valence-corrected chi connectivity index (χ1v) is 14.7. The normalized spacial score (nSPS) is 22.8. The molecule has 0 amide bonds. The molecule has 248 valence electrons. The van der Waals surface area contributed by atoms with Crippen LogP contribution in [0.5, 0.6) is 11.5 Å². The number of hydrogen-bond acceptors (Lipinski definition) is 11. The number of rotatable bonds is 8. The SMILES string of the molecule is COc1ccc(O[C@@H]2O[C@H](COC(=O)C(C)(C)C)[C@@H](OC(=O)C(C)(C)C)[C@H](OC(=O)C(C)(C)C)[C@H]2OC(=O)C(C)(C)C)cc1. The van der Waals surface area contributed by atoms with Crippen LogP contribution in [-0.2, 0) is 42.9 Å². The van der Waals surface area contributed by atoms with Gasteiger partial charge in [-0.05, 0) is 107 Å². The Morgan fingerprint density at radius 3 is 1.39 bits per heavy atom. The van der Waals surface area contributed by atoms with Crippen molar-refractivity contribution in [1.29, 1.82) is 0 Å². The number of benzene rings is 1. The van der Waals surface area contributed by atoms with Crippen LogP contribution in [0.25, 0.3) is 0 Å². The molecular weight excluding hydrogens is 572 g/mol. The lowest BCUT2D eigenvalue weighted by Crippen LogP contribution is -2.64. The van der Waals surface area contributed by atoms with Crippen LogP contribution >= 0.6 is 0 Å². The average molecular weight is 623 g/mol. The maximum Gasteiger partial charge on any atom is 0.311 e. The highest BCUT2D eigenvalue weighted by Crippen LogP contribution is 2.35. The summed E-state index contributed by atoms with van der Waals surface area (Å²) in [6.07, 6.45) is -6.65. The van der Waals surface area contributed by atoms with Crippen molar-refractivity contribution >= 4 is 23.9 Å². The summed E-state index contributed by atoms with van der Waals surface area (Å²) < 4.78 is 41.2. The Labute approximate surface area is 261 Å². The molecule has 1 fully saturated rings. The Balaban J connectivity index is 2.70. The van der Waals surface area contributed by atoms with E-state index in [-0.39, 0.29) is 6.61 Å². The molecule has 1 saturated heterocycles. The van der Waals surface area contributed by atoms with Gasteiger partial charge in [-0.2, -0.15) is 0 Å². The van der Waals surface area contributed by atoms with Crippen molar-refractivity contribution < 1.29 is 52.3 Å². The second kappa shape index (κ2) is 13.7. The summed E-state index contributed by atoms with van der Waals surface area (Å²) in [6.45, 7) is 19.7. The van der Waals surface area contributed by atoms with Gasteiger partial charge in [0.25, 0.3) is 0 Å². The molecule has 0 unspecified atom stereocenters. The molecule has 1 heterocycles. The van der Waals surface area contributed by atoms with Gasteiger partial charge in [0.1, 0.15) is 24.2 Å². The van der Waals surface area contributed by atoms with Gasteiger partial charge in [0.2, 0.25) is 12.4 Å². The van der Waals surface area contributed by atoms with Crippen molar-refractivity contribution in [1.82, 2.24) is 0 Å². The van der Waals surface area contributed by atoms with Crippen molar-refractivity contribution in [3.63, 3.8) is 0 Å². The molecule has 5 atom stereocenters. The zero-order valence-electron chi connectivity index (χ0n) is 28.4. The predicted molar refractivity (Wildman–Crippen MR) is 161 cm³/mol. The summed E-state index contributed by atoms with van der Waals surface area (Å²) in [5.74, 6) is -1.54. The summed E-state index contributed by atoms with van der Waals surface area (Å²) in [5, 5.41) is 0. The van der Waals surface area contributed by atoms with Crippen molar-refractivity contribution in [2.45, 2.75) is 114 Å². The molecule has 1 aromatic rings. The zero-order valence-corrected chi connectivity index (χ0v) is 28.4.